The van der Waals surface area contributed by atoms with Crippen molar-refractivity contribution in [2.75, 3.05) is 20.5 Å². The van der Waals surface area contributed by atoms with Crippen LogP contribution >= 0.6 is 0 Å². The molecule has 0 atom stereocenters. The molecule has 0 saturated heterocycles. The van der Waals surface area contributed by atoms with Crippen LogP contribution in [0.15, 0.2) is 48.5 Å². The number of carbonyl (C=O) groups excluding carboxylic acids is 2. The summed E-state index contributed by atoms with van der Waals surface area (Å²) in [6.07, 6.45) is 2.67. The average Bonchev–Trinajstić information content (AvgIpc) is 2.70. The van der Waals surface area contributed by atoms with Gasteiger partial charge >= 0.3 is 5.97 Å². The topological polar surface area (TPSA) is 105 Å². The Morgan fingerprint density at radius 3 is 2.64 bits per heavy atom. The zero-order valence-corrected chi connectivity index (χ0v) is 15.4. The van der Waals surface area contributed by atoms with Crippen molar-refractivity contribution in [1.29, 1.82) is 0 Å². The fraction of sp³-hybridized carbons (Fsp3) is 0.200. The van der Waals surface area contributed by atoms with E-state index >= 15 is 0 Å². The lowest BCUT2D eigenvalue weighted by atomic mass is 10.1. The molecule has 28 heavy (non-hydrogen) atoms. The van der Waals surface area contributed by atoms with Gasteiger partial charge in [0.1, 0.15) is 11.3 Å². The first kappa shape index (κ1) is 20.8. The maximum absolute atomic E-state index is 12.5. The smallest absolute Gasteiger partial charge is 0.338 e. The molecule has 0 aliphatic carbocycles. The number of nitrogens with zero attached hydrogens (tertiary/aromatic N) is 1. The monoisotopic (exact) mass is 385 g/mol. The van der Waals surface area contributed by atoms with Crippen LogP contribution in [0, 0.1) is 10.1 Å². The molecule has 0 radical (unpaired) electrons. The van der Waals surface area contributed by atoms with Gasteiger partial charge in [0.15, 0.2) is 12.6 Å². The van der Waals surface area contributed by atoms with Crippen LogP contribution < -0.4 is 4.74 Å². The molecular formula is C20H19NO7. The normalized spacial score (nSPS) is 10.6. The number of ether oxygens (including phenoxy) is 3. The molecule has 0 bridgehead atoms. The van der Waals surface area contributed by atoms with Gasteiger partial charge in [-0.15, -0.1) is 0 Å². The maximum Gasteiger partial charge on any atom is 0.338 e. The molecule has 0 heterocycles. The first-order valence-electron chi connectivity index (χ1n) is 8.36. The highest BCUT2D eigenvalue weighted by atomic mass is 16.7. The summed E-state index contributed by atoms with van der Waals surface area (Å²) in [7, 11) is 1.44. The maximum atomic E-state index is 12.5. The Labute approximate surface area is 161 Å². The number of ketones is 1. The van der Waals surface area contributed by atoms with E-state index in [1.807, 2.05) is 0 Å². The summed E-state index contributed by atoms with van der Waals surface area (Å²) in [5.41, 5.74) is 0.474. The number of benzene rings is 2. The molecule has 0 aliphatic rings. The van der Waals surface area contributed by atoms with Gasteiger partial charge < -0.3 is 14.2 Å². The number of carbonyl (C=O) groups is 2. The molecule has 0 saturated carbocycles. The van der Waals surface area contributed by atoms with E-state index in [9.17, 15) is 19.7 Å². The fourth-order valence-electron chi connectivity index (χ4n) is 2.33. The summed E-state index contributed by atoms with van der Waals surface area (Å²) in [5.74, 6) is -0.771. The largest absolute Gasteiger partial charge is 0.468 e. The average molecular weight is 385 g/mol. The summed E-state index contributed by atoms with van der Waals surface area (Å²) < 4.78 is 15.0. The van der Waals surface area contributed by atoms with Gasteiger partial charge in [0, 0.05) is 13.2 Å². The van der Waals surface area contributed by atoms with Gasteiger partial charge in [0.2, 0.25) is 0 Å². The quantitative estimate of drug-likeness (QED) is 0.162. The van der Waals surface area contributed by atoms with E-state index in [1.54, 1.807) is 31.2 Å². The summed E-state index contributed by atoms with van der Waals surface area (Å²) in [6.45, 7) is 1.90. The number of esters is 1. The molecule has 0 aromatic heterocycles. The minimum atomic E-state index is -0.636. The van der Waals surface area contributed by atoms with E-state index in [-0.39, 0.29) is 30.4 Å². The van der Waals surface area contributed by atoms with Crippen molar-refractivity contribution in [3.05, 3.63) is 75.3 Å². The Morgan fingerprint density at radius 2 is 1.96 bits per heavy atom. The highest BCUT2D eigenvalue weighted by Crippen LogP contribution is 2.25. The van der Waals surface area contributed by atoms with Gasteiger partial charge in [-0.05, 0) is 42.8 Å². The molecule has 8 heteroatoms. The fourth-order valence-corrected chi connectivity index (χ4v) is 2.33. The zero-order valence-electron chi connectivity index (χ0n) is 15.4. The van der Waals surface area contributed by atoms with E-state index in [0.717, 1.165) is 0 Å². The first-order valence-corrected chi connectivity index (χ1v) is 8.36. The lowest BCUT2D eigenvalue weighted by Crippen LogP contribution is -2.05. The molecule has 0 N–H and O–H groups in total. The van der Waals surface area contributed by atoms with E-state index in [4.69, 9.17) is 14.2 Å². The van der Waals surface area contributed by atoms with Gasteiger partial charge in [-0.2, -0.15) is 0 Å². The number of methoxy groups -OCH3 is 1. The highest BCUT2D eigenvalue weighted by molar-refractivity contribution is 6.09. The van der Waals surface area contributed by atoms with Gasteiger partial charge in [-0.1, -0.05) is 18.2 Å². The lowest BCUT2D eigenvalue weighted by molar-refractivity contribution is -0.385. The van der Waals surface area contributed by atoms with Crippen LogP contribution in [0.2, 0.25) is 0 Å². The summed E-state index contributed by atoms with van der Waals surface area (Å²) in [4.78, 5) is 34.9. The van der Waals surface area contributed by atoms with Crippen LogP contribution in [-0.4, -0.2) is 37.2 Å². The minimum Gasteiger partial charge on any atom is -0.468 e. The van der Waals surface area contributed by atoms with Crippen molar-refractivity contribution < 1.29 is 28.7 Å². The second-order valence-electron chi connectivity index (χ2n) is 5.53. The van der Waals surface area contributed by atoms with Crippen LogP contribution in [0.25, 0.3) is 6.08 Å². The number of hydrogen-bond donors (Lipinski definition) is 0. The first-order chi connectivity index (χ1) is 13.5. The Balaban J connectivity index is 2.27. The van der Waals surface area contributed by atoms with Crippen LogP contribution in [-0.2, 0) is 9.47 Å². The number of nitro benzene ring substituents is 1. The third-order valence-corrected chi connectivity index (χ3v) is 3.60. The number of hydrogen-bond acceptors (Lipinski definition) is 7. The Bertz CT molecular complexity index is 905. The van der Waals surface area contributed by atoms with Crippen LogP contribution in [0.4, 0.5) is 5.69 Å². The standard InChI is InChI=1S/C20H19NO7/c1-3-27-20(23)15-6-4-5-14(11-15)7-10-19(22)17-12-16(28-13-26-2)8-9-18(17)21(24)25/h4-12H,3,13H2,1-2H3. The van der Waals surface area contributed by atoms with Gasteiger partial charge in [0.25, 0.3) is 5.69 Å². The third kappa shape index (κ3) is 5.49. The van der Waals surface area contributed by atoms with Crippen molar-refractivity contribution in [3.8, 4) is 5.75 Å². The lowest BCUT2D eigenvalue weighted by Gasteiger charge is -2.06. The van der Waals surface area contributed by atoms with Crippen LogP contribution in [0.5, 0.6) is 5.75 Å². The molecule has 2 rings (SSSR count). The van der Waals surface area contributed by atoms with E-state index < -0.39 is 16.7 Å². The second kappa shape index (κ2) is 9.98. The zero-order chi connectivity index (χ0) is 20.5. The molecule has 0 amide bonds. The number of rotatable bonds is 9. The summed E-state index contributed by atoms with van der Waals surface area (Å²) in [6, 6.07) is 10.4. The van der Waals surface area contributed by atoms with Gasteiger partial charge in [0.05, 0.1) is 17.1 Å². The van der Waals surface area contributed by atoms with E-state index in [2.05, 4.69) is 0 Å². The number of allylic oxidation sites excluding steroid dienone is 1. The molecule has 146 valence electrons. The second-order valence-corrected chi connectivity index (χ2v) is 5.53. The molecule has 0 aliphatic heterocycles. The predicted octanol–water partition coefficient (Wildman–Crippen LogP) is 3.65. The summed E-state index contributed by atoms with van der Waals surface area (Å²) >= 11 is 0. The van der Waals surface area contributed by atoms with Crippen LogP contribution in [0.3, 0.4) is 0 Å². The van der Waals surface area contributed by atoms with E-state index in [1.165, 1.54) is 37.5 Å². The molecule has 0 fully saturated rings. The van der Waals surface area contributed by atoms with Crippen molar-refractivity contribution in [2.24, 2.45) is 0 Å². The predicted molar refractivity (Wildman–Crippen MR) is 101 cm³/mol. The SMILES string of the molecule is CCOC(=O)c1cccc(C=CC(=O)c2cc(OCOC)ccc2[N+](=O)[O-])c1. The van der Waals surface area contributed by atoms with E-state index in [0.29, 0.717) is 11.1 Å². The molecule has 0 spiro atoms. The highest BCUT2D eigenvalue weighted by Gasteiger charge is 2.19. The van der Waals surface area contributed by atoms with Gasteiger partial charge in [-0.3, -0.25) is 14.9 Å². The molecule has 2 aromatic rings. The minimum absolute atomic E-state index is 0.0536. The Hall–Kier alpha value is -3.52. The number of nitro groups is 1. The molecule has 8 nitrogen and oxygen atoms in total. The Kier molecular flexibility index (Phi) is 7.41. The Morgan fingerprint density at radius 1 is 1.18 bits per heavy atom. The van der Waals surface area contributed by atoms with Crippen molar-refractivity contribution in [1.82, 2.24) is 0 Å². The van der Waals surface area contributed by atoms with Crippen molar-refractivity contribution >= 4 is 23.5 Å². The molecule has 0 unspecified atom stereocenters. The van der Waals surface area contributed by atoms with Crippen LogP contribution in [0.1, 0.15) is 33.2 Å². The van der Waals surface area contributed by atoms with Crippen molar-refractivity contribution in [3.63, 3.8) is 0 Å². The molecule has 2 aromatic carbocycles. The van der Waals surface area contributed by atoms with Crippen molar-refractivity contribution in [2.45, 2.75) is 6.92 Å². The molecular weight excluding hydrogens is 366 g/mol. The summed E-state index contributed by atoms with van der Waals surface area (Å²) in [5, 5.41) is 11.2. The van der Waals surface area contributed by atoms with Gasteiger partial charge in [-0.25, -0.2) is 4.79 Å². The third-order valence-electron chi connectivity index (χ3n) is 3.60.